The molecule has 0 aliphatic heterocycles. The Bertz CT molecular complexity index is 606. The fourth-order valence-electron chi connectivity index (χ4n) is 1.78. The second-order valence-corrected chi connectivity index (χ2v) is 4.05. The lowest BCUT2D eigenvalue weighted by atomic mass is 9.97. The summed E-state index contributed by atoms with van der Waals surface area (Å²) in [7, 11) is 0. The molecule has 0 amide bonds. The third kappa shape index (κ3) is 3.20. The minimum Gasteiger partial charge on any atom is -0.478 e. The Labute approximate surface area is 117 Å². The largest absolute Gasteiger partial charge is 0.478 e. The van der Waals surface area contributed by atoms with E-state index in [0.717, 1.165) is 5.56 Å². The summed E-state index contributed by atoms with van der Waals surface area (Å²) in [4.78, 5) is 23.4. The average Bonchev–Trinajstić information content (AvgIpc) is 2.39. The van der Waals surface area contributed by atoms with Gasteiger partial charge in [-0.25, -0.2) is 4.79 Å². The molecule has 0 bridgehead atoms. The summed E-state index contributed by atoms with van der Waals surface area (Å²) in [6, 6.07) is 13.5. The van der Waals surface area contributed by atoms with Crippen molar-refractivity contribution in [3.05, 3.63) is 70.8 Å². The van der Waals surface area contributed by atoms with E-state index in [-0.39, 0.29) is 29.3 Å². The summed E-state index contributed by atoms with van der Waals surface area (Å²) in [6.45, 7) is 1.79. The van der Waals surface area contributed by atoms with Crippen LogP contribution in [-0.2, 0) is 0 Å². The molecule has 2 aromatic rings. The van der Waals surface area contributed by atoms with Crippen molar-refractivity contribution < 1.29 is 14.7 Å². The van der Waals surface area contributed by atoms with Crippen LogP contribution < -0.4 is 0 Å². The highest BCUT2D eigenvalue weighted by Crippen LogP contribution is 2.16. The van der Waals surface area contributed by atoms with E-state index in [1.54, 1.807) is 43.3 Å². The Morgan fingerprint density at radius 1 is 0.947 bits per heavy atom. The maximum absolute atomic E-state index is 12.2. The van der Waals surface area contributed by atoms with Crippen LogP contribution in [0.2, 0.25) is 0 Å². The Kier molecular flexibility index (Phi) is 4.84. The van der Waals surface area contributed by atoms with Crippen molar-refractivity contribution in [2.45, 2.75) is 6.92 Å². The third-order valence-electron chi connectivity index (χ3n) is 2.69. The van der Waals surface area contributed by atoms with Gasteiger partial charge in [-0.3, -0.25) is 4.79 Å². The number of halogens is 1. The number of aromatic carboxylic acids is 1. The summed E-state index contributed by atoms with van der Waals surface area (Å²) >= 11 is 0. The third-order valence-corrected chi connectivity index (χ3v) is 2.69. The Balaban J connectivity index is 0.00000180. The monoisotopic (exact) mass is 276 g/mol. The predicted molar refractivity (Wildman–Crippen MR) is 75.3 cm³/mol. The average molecular weight is 277 g/mol. The van der Waals surface area contributed by atoms with E-state index in [4.69, 9.17) is 5.11 Å². The van der Waals surface area contributed by atoms with Crippen molar-refractivity contribution >= 4 is 24.2 Å². The second-order valence-electron chi connectivity index (χ2n) is 4.05. The maximum atomic E-state index is 12.2. The number of carboxylic acid groups (broad SMARTS) is 1. The number of hydrogen-bond donors (Lipinski definition) is 1. The normalized spacial score (nSPS) is 9.53. The van der Waals surface area contributed by atoms with Crippen molar-refractivity contribution in [1.29, 1.82) is 0 Å². The van der Waals surface area contributed by atoms with Gasteiger partial charge in [-0.1, -0.05) is 42.0 Å². The lowest BCUT2D eigenvalue weighted by Crippen LogP contribution is -2.09. The second kappa shape index (κ2) is 6.16. The van der Waals surface area contributed by atoms with Gasteiger partial charge in [-0.2, -0.15) is 0 Å². The number of rotatable bonds is 3. The molecule has 0 radical (unpaired) electrons. The zero-order chi connectivity index (χ0) is 13.1. The van der Waals surface area contributed by atoms with E-state index >= 15 is 0 Å². The van der Waals surface area contributed by atoms with Crippen molar-refractivity contribution in [2.24, 2.45) is 0 Å². The molecule has 2 aromatic carbocycles. The van der Waals surface area contributed by atoms with Crippen molar-refractivity contribution in [1.82, 2.24) is 0 Å². The number of benzene rings is 2. The number of carbonyl (C=O) groups is 2. The van der Waals surface area contributed by atoms with E-state index in [1.165, 1.54) is 6.07 Å². The number of aryl methyl sites for hydroxylation is 1. The van der Waals surface area contributed by atoms with Crippen LogP contribution in [0.15, 0.2) is 48.5 Å². The van der Waals surface area contributed by atoms with E-state index in [1.807, 2.05) is 6.07 Å². The van der Waals surface area contributed by atoms with Crippen LogP contribution in [0, 0.1) is 6.92 Å². The van der Waals surface area contributed by atoms with Gasteiger partial charge in [0.25, 0.3) is 0 Å². The van der Waals surface area contributed by atoms with Crippen LogP contribution in [-0.4, -0.2) is 16.9 Å². The van der Waals surface area contributed by atoms with Crippen LogP contribution in [0.1, 0.15) is 31.8 Å². The molecule has 0 heterocycles. The first-order chi connectivity index (χ1) is 8.59. The highest BCUT2D eigenvalue weighted by atomic mass is 35.5. The standard InChI is InChI=1S/C15H12O3.ClH/c1-10-7-8-12(13(9-10)15(17)18)14(16)11-5-3-2-4-6-11;/h2-9H,1H3,(H,17,18);1H. The SMILES string of the molecule is Cc1ccc(C(=O)c2ccccc2)c(C(=O)O)c1.Cl. The molecule has 2 rings (SSSR count). The zero-order valence-corrected chi connectivity index (χ0v) is 11.1. The Morgan fingerprint density at radius 2 is 1.58 bits per heavy atom. The van der Waals surface area contributed by atoms with Crippen LogP contribution >= 0.6 is 12.4 Å². The molecule has 0 saturated carbocycles. The van der Waals surface area contributed by atoms with Gasteiger partial charge in [0.05, 0.1) is 5.56 Å². The number of hydrogen-bond acceptors (Lipinski definition) is 2. The molecule has 0 unspecified atom stereocenters. The topological polar surface area (TPSA) is 54.4 Å². The molecule has 19 heavy (non-hydrogen) atoms. The maximum Gasteiger partial charge on any atom is 0.336 e. The van der Waals surface area contributed by atoms with Gasteiger partial charge in [0.1, 0.15) is 0 Å². The van der Waals surface area contributed by atoms with Crippen molar-refractivity contribution in [2.75, 3.05) is 0 Å². The number of carboxylic acids is 1. The summed E-state index contributed by atoms with van der Waals surface area (Å²) in [5, 5.41) is 9.13. The smallest absolute Gasteiger partial charge is 0.336 e. The molecular formula is C15H13ClO3. The molecule has 3 nitrogen and oxygen atoms in total. The van der Waals surface area contributed by atoms with Gasteiger partial charge in [-0.05, 0) is 19.1 Å². The lowest BCUT2D eigenvalue weighted by molar-refractivity contribution is 0.0692. The first kappa shape index (κ1) is 14.9. The zero-order valence-electron chi connectivity index (χ0n) is 10.3. The van der Waals surface area contributed by atoms with Crippen LogP contribution in [0.25, 0.3) is 0 Å². The van der Waals surface area contributed by atoms with E-state index in [2.05, 4.69) is 0 Å². The number of carbonyl (C=O) groups excluding carboxylic acids is 1. The predicted octanol–water partition coefficient (Wildman–Crippen LogP) is 3.35. The van der Waals surface area contributed by atoms with Gasteiger partial charge < -0.3 is 5.11 Å². The molecule has 1 N–H and O–H groups in total. The summed E-state index contributed by atoms with van der Waals surface area (Å²) < 4.78 is 0. The molecule has 4 heteroatoms. The Morgan fingerprint density at radius 3 is 2.16 bits per heavy atom. The van der Waals surface area contributed by atoms with Gasteiger partial charge in [0, 0.05) is 11.1 Å². The van der Waals surface area contributed by atoms with Crippen LogP contribution in [0.4, 0.5) is 0 Å². The summed E-state index contributed by atoms with van der Waals surface area (Å²) in [5.41, 5.74) is 1.57. The highest BCUT2D eigenvalue weighted by molar-refractivity contribution is 6.14. The summed E-state index contributed by atoms with van der Waals surface area (Å²) in [6.07, 6.45) is 0. The molecule has 0 fully saturated rings. The molecule has 0 atom stereocenters. The summed E-state index contributed by atoms with van der Waals surface area (Å²) in [5.74, 6) is -1.36. The first-order valence-corrected chi connectivity index (χ1v) is 5.53. The molecule has 98 valence electrons. The van der Waals surface area contributed by atoms with Crippen LogP contribution in [0.5, 0.6) is 0 Å². The lowest BCUT2D eigenvalue weighted by Gasteiger charge is -2.06. The molecule has 0 saturated heterocycles. The van der Waals surface area contributed by atoms with E-state index < -0.39 is 5.97 Å². The van der Waals surface area contributed by atoms with Gasteiger partial charge >= 0.3 is 5.97 Å². The fraction of sp³-hybridized carbons (Fsp3) is 0.0667. The van der Waals surface area contributed by atoms with E-state index in [0.29, 0.717) is 5.56 Å². The van der Waals surface area contributed by atoms with Gasteiger partial charge in [0.2, 0.25) is 0 Å². The van der Waals surface area contributed by atoms with Gasteiger partial charge in [-0.15, -0.1) is 12.4 Å². The fourth-order valence-corrected chi connectivity index (χ4v) is 1.78. The molecule has 0 spiro atoms. The minimum absolute atomic E-state index is 0. The van der Waals surface area contributed by atoms with Crippen LogP contribution in [0.3, 0.4) is 0 Å². The number of ketones is 1. The quantitative estimate of drug-likeness (QED) is 0.875. The molecule has 0 aliphatic carbocycles. The Hall–Kier alpha value is -2.13. The van der Waals surface area contributed by atoms with Crippen molar-refractivity contribution in [3.63, 3.8) is 0 Å². The van der Waals surface area contributed by atoms with Crippen molar-refractivity contribution in [3.8, 4) is 0 Å². The van der Waals surface area contributed by atoms with E-state index in [9.17, 15) is 9.59 Å². The first-order valence-electron chi connectivity index (χ1n) is 5.53. The van der Waals surface area contributed by atoms with Gasteiger partial charge in [0.15, 0.2) is 5.78 Å². The molecular weight excluding hydrogens is 264 g/mol. The molecule has 0 aliphatic rings. The minimum atomic E-state index is -1.09. The molecule has 0 aromatic heterocycles. The highest BCUT2D eigenvalue weighted by Gasteiger charge is 2.17.